The Hall–Kier alpha value is -2.25. The van der Waals surface area contributed by atoms with Crippen LogP contribution >= 0.6 is 11.3 Å². The molecule has 1 saturated carbocycles. The summed E-state index contributed by atoms with van der Waals surface area (Å²) >= 11 is 1.75. The topological polar surface area (TPSA) is 63.1 Å². The van der Waals surface area contributed by atoms with Crippen LogP contribution in [0.25, 0.3) is 10.2 Å². The summed E-state index contributed by atoms with van der Waals surface area (Å²) in [4.78, 5) is 19.9. The molecule has 1 amide bonds. The van der Waals surface area contributed by atoms with Crippen LogP contribution in [0.1, 0.15) is 55.6 Å². The summed E-state index contributed by atoms with van der Waals surface area (Å²) in [6, 6.07) is 10.8. The normalized spacial score (nSPS) is 20.9. The van der Waals surface area contributed by atoms with Crippen LogP contribution in [0.3, 0.4) is 0 Å². The minimum atomic E-state index is 0.0350. The fourth-order valence-electron chi connectivity index (χ4n) is 4.55. The maximum Gasteiger partial charge on any atom is 0.239 e. The number of nitrogens with one attached hydrogen (secondary N) is 1. The third kappa shape index (κ3) is 3.44. The number of anilines is 1. The highest BCUT2D eigenvalue weighted by atomic mass is 32.1. The van der Waals surface area contributed by atoms with Crippen LogP contribution in [0.15, 0.2) is 36.5 Å². The van der Waals surface area contributed by atoms with Crippen molar-refractivity contribution in [2.45, 2.75) is 50.6 Å². The van der Waals surface area contributed by atoms with Crippen molar-refractivity contribution in [2.75, 3.05) is 18.4 Å². The Kier molecular flexibility index (Phi) is 4.86. The lowest BCUT2D eigenvalue weighted by Gasteiger charge is -2.22. The molecule has 28 heavy (non-hydrogen) atoms. The third-order valence-electron chi connectivity index (χ3n) is 5.91. The molecule has 2 aromatic heterocycles. The van der Waals surface area contributed by atoms with Crippen LogP contribution < -0.4 is 5.32 Å². The Labute approximate surface area is 168 Å². The Morgan fingerprint density at radius 2 is 2.00 bits per heavy atom. The van der Waals surface area contributed by atoms with Crippen molar-refractivity contribution < 1.29 is 4.79 Å². The van der Waals surface area contributed by atoms with Gasteiger partial charge in [0.1, 0.15) is 10.8 Å². The molecule has 1 saturated heterocycles. The van der Waals surface area contributed by atoms with E-state index >= 15 is 0 Å². The maximum absolute atomic E-state index is 12.8. The van der Waals surface area contributed by atoms with Gasteiger partial charge in [-0.15, -0.1) is 11.3 Å². The maximum atomic E-state index is 12.8. The van der Waals surface area contributed by atoms with Gasteiger partial charge in [-0.2, -0.15) is 5.10 Å². The molecule has 1 unspecified atom stereocenters. The number of amides is 1. The fraction of sp³-hybridized carbons (Fsp3) is 0.476. The highest BCUT2D eigenvalue weighted by Crippen LogP contribution is 2.36. The lowest BCUT2D eigenvalue weighted by Crippen LogP contribution is -2.33. The molecule has 1 aliphatic heterocycles. The number of benzene rings is 1. The van der Waals surface area contributed by atoms with Crippen LogP contribution in [0.5, 0.6) is 0 Å². The van der Waals surface area contributed by atoms with Crippen LogP contribution in [-0.2, 0) is 4.79 Å². The van der Waals surface area contributed by atoms with Gasteiger partial charge in [0.25, 0.3) is 0 Å². The molecule has 0 bridgehead atoms. The van der Waals surface area contributed by atoms with Crippen molar-refractivity contribution in [3.05, 3.63) is 41.5 Å². The number of thiazole rings is 1. The second-order valence-electron chi connectivity index (χ2n) is 7.80. The molecule has 2 aliphatic rings. The molecule has 7 heteroatoms. The number of carbonyl (C=O) groups is 1. The molecular weight excluding hydrogens is 370 g/mol. The molecule has 5 rings (SSSR count). The average Bonchev–Trinajstić information content (AvgIpc) is 3.47. The number of fused-ring (bicyclic) bond motifs is 1. The first-order chi connectivity index (χ1) is 13.8. The first kappa shape index (κ1) is 17.8. The van der Waals surface area contributed by atoms with E-state index in [1.54, 1.807) is 17.5 Å². The van der Waals surface area contributed by atoms with Crippen LogP contribution in [0, 0.1) is 0 Å². The Bertz CT molecular complexity index is 941. The predicted molar refractivity (Wildman–Crippen MR) is 112 cm³/mol. The van der Waals surface area contributed by atoms with Crippen molar-refractivity contribution in [3.63, 3.8) is 0 Å². The van der Waals surface area contributed by atoms with Gasteiger partial charge in [0, 0.05) is 6.07 Å². The van der Waals surface area contributed by atoms with E-state index in [1.165, 1.54) is 17.5 Å². The number of hydrogen-bond donors (Lipinski definition) is 1. The summed E-state index contributed by atoms with van der Waals surface area (Å²) in [5, 5.41) is 8.67. The van der Waals surface area contributed by atoms with E-state index < -0.39 is 0 Å². The molecule has 3 aromatic rings. The number of rotatable bonds is 5. The Balaban J connectivity index is 1.27. The molecule has 1 aliphatic carbocycles. The van der Waals surface area contributed by atoms with Crippen molar-refractivity contribution in [1.82, 2.24) is 19.7 Å². The van der Waals surface area contributed by atoms with Gasteiger partial charge in [0.05, 0.1) is 35.0 Å². The highest BCUT2D eigenvalue weighted by Gasteiger charge is 2.30. The summed E-state index contributed by atoms with van der Waals surface area (Å²) in [6.45, 7) is 1.34. The lowest BCUT2D eigenvalue weighted by molar-refractivity contribution is -0.117. The highest BCUT2D eigenvalue weighted by molar-refractivity contribution is 7.18. The van der Waals surface area contributed by atoms with Crippen molar-refractivity contribution in [3.8, 4) is 0 Å². The monoisotopic (exact) mass is 395 g/mol. The molecule has 1 aromatic carbocycles. The van der Waals surface area contributed by atoms with E-state index in [1.807, 2.05) is 16.8 Å². The lowest BCUT2D eigenvalue weighted by atomic mass is 10.2. The molecule has 146 valence electrons. The van der Waals surface area contributed by atoms with Crippen molar-refractivity contribution in [1.29, 1.82) is 0 Å². The first-order valence-electron chi connectivity index (χ1n) is 10.2. The van der Waals surface area contributed by atoms with Gasteiger partial charge in [0.15, 0.2) is 0 Å². The summed E-state index contributed by atoms with van der Waals surface area (Å²) in [5.41, 5.74) is 1.05. The molecule has 0 spiro atoms. The van der Waals surface area contributed by atoms with Gasteiger partial charge in [-0.3, -0.25) is 9.69 Å². The van der Waals surface area contributed by atoms with Gasteiger partial charge in [-0.1, -0.05) is 25.0 Å². The number of carbonyl (C=O) groups excluding carboxylic acids is 1. The quantitative estimate of drug-likeness (QED) is 0.696. The smallest absolute Gasteiger partial charge is 0.239 e. The zero-order chi connectivity index (χ0) is 18.9. The summed E-state index contributed by atoms with van der Waals surface area (Å²) in [5.74, 6) is 0.861. The first-order valence-corrected chi connectivity index (χ1v) is 11.0. The van der Waals surface area contributed by atoms with Crippen molar-refractivity contribution >= 4 is 33.3 Å². The number of para-hydroxylation sites is 1. The third-order valence-corrected chi connectivity index (χ3v) is 7.05. The molecule has 2 fully saturated rings. The SMILES string of the molecule is O=C(CN1CCCC1c1nc2ccccc2s1)Nc1ccnn1C1CCCC1. The van der Waals surface area contributed by atoms with Crippen LogP contribution in [-0.4, -0.2) is 38.7 Å². The van der Waals surface area contributed by atoms with Crippen LogP contribution in [0.4, 0.5) is 5.82 Å². The van der Waals surface area contributed by atoms with E-state index in [-0.39, 0.29) is 11.9 Å². The van der Waals surface area contributed by atoms with Gasteiger partial charge < -0.3 is 5.32 Å². The summed E-state index contributed by atoms with van der Waals surface area (Å²) < 4.78 is 3.22. The van der Waals surface area contributed by atoms with E-state index in [4.69, 9.17) is 4.98 Å². The Morgan fingerprint density at radius 3 is 2.86 bits per heavy atom. The molecular formula is C21H25N5OS. The van der Waals surface area contributed by atoms with E-state index in [0.29, 0.717) is 12.6 Å². The molecule has 3 heterocycles. The molecule has 6 nitrogen and oxygen atoms in total. The van der Waals surface area contributed by atoms with Crippen molar-refractivity contribution in [2.24, 2.45) is 0 Å². The number of nitrogens with zero attached hydrogens (tertiary/aromatic N) is 4. The second-order valence-corrected chi connectivity index (χ2v) is 8.86. The minimum Gasteiger partial charge on any atom is -0.310 e. The van der Waals surface area contributed by atoms with E-state index in [9.17, 15) is 4.79 Å². The average molecular weight is 396 g/mol. The Morgan fingerprint density at radius 1 is 1.14 bits per heavy atom. The van der Waals surface area contributed by atoms with Gasteiger partial charge in [0.2, 0.25) is 5.91 Å². The van der Waals surface area contributed by atoms with Crippen LogP contribution in [0.2, 0.25) is 0 Å². The molecule has 1 atom stereocenters. The molecule has 0 radical (unpaired) electrons. The van der Waals surface area contributed by atoms with Gasteiger partial charge in [-0.05, 0) is 44.4 Å². The standard InChI is InChI=1S/C21H25N5OS/c27-20(24-19-11-12-22-26(19)15-6-1-2-7-15)14-25-13-5-9-17(25)21-23-16-8-3-4-10-18(16)28-21/h3-4,8,10-12,15,17H,1-2,5-7,9,13-14H2,(H,24,27). The zero-order valence-electron chi connectivity index (χ0n) is 15.9. The van der Waals surface area contributed by atoms with E-state index in [2.05, 4.69) is 33.5 Å². The fourth-order valence-corrected chi connectivity index (χ4v) is 5.68. The predicted octanol–water partition coefficient (Wildman–Crippen LogP) is 4.38. The molecule has 1 N–H and O–H groups in total. The number of aromatic nitrogens is 3. The zero-order valence-corrected chi connectivity index (χ0v) is 16.7. The van der Waals surface area contributed by atoms with E-state index in [0.717, 1.165) is 48.6 Å². The largest absolute Gasteiger partial charge is 0.310 e. The minimum absolute atomic E-state index is 0.0350. The second kappa shape index (κ2) is 7.64. The van der Waals surface area contributed by atoms with Gasteiger partial charge >= 0.3 is 0 Å². The van der Waals surface area contributed by atoms with Gasteiger partial charge in [-0.25, -0.2) is 9.67 Å². The summed E-state index contributed by atoms with van der Waals surface area (Å²) in [7, 11) is 0. The summed E-state index contributed by atoms with van der Waals surface area (Å²) in [6.07, 6.45) is 8.74. The number of likely N-dealkylation sites (tertiary alicyclic amines) is 1. The number of hydrogen-bond acceptors (Lipinski definition) is 5.